The molecule has 0 fully saturated rings. The molecule has 4 nitrogen and oxygen atoms in total. The highest BCUT2D eigenvalue weighted by Crippen LogP contribution is 2.10. The minimum Gasteiger partial charge on any atom is -0.370 e. The fourth-order valence-electron chi connectivity index (χ4n) is 0.903. The molecule has 0 aliphatic heterocycles. The van der Waals surface area contributed by atoms with E-state index < -0.39 is 0 Å². The molecule has 0 aromatic carbocycles. The molecule has 5 heteroatoms. The Balaban J connectivity index is 1.91. The topological polar surface area (TPSA) is 53.6 Å². The SMILES string of the molecule is c1cc(CNc2cnns2)c[nH]1. The van der Waals surface area contributed by atoms with Crippen molar-refractivity contribution in [2.45, 2.75) is 6.54 Å². The normalized spacial score (nSPS) is 10.0. The molecule has 0 aliphatic rings. The minimum atomic E-state index is 0.813. The number of rotatable bonds is 3. The quantitative estimate of drug-likeness (QED) is 0.752. The molecule has 0 bridgehead atoms. The molecule has 2 rings (SSSR count). The largest absolute Gasteiger partial charge is 0.370 e. The van der Waals surface area contributed by atoms with Gasteiger partial charge in [-0.3, -0.25) is 0 Å². The fourth-order valence-corrected chi connectivity index (χ4v) is 1.32. The fraction of sp³-hybridized carbons (Fsp3) is 0.143. The zero-order valence-electron chi connectivity index (χ0n) is 6.32. The predicted molar refractivity (Wildman–Crippen MR) is 48.0 cm³/mol. The lowest BCUT2D eigenvalue weighted by Gasteiger charge is -1.97. The first-order valence-corrected chi connectivity index (χ1v) is 4.35. The first kappa shape index (κ1) is 7.30. The summed E-state index contributed by atoms with van der Waals surface area (Å²) in [6.07, 6.45) is 5.58. The van der Waals surface area contributed by atoms with Crippen molar-refractivity contribution >= 4 is 16.5 Å². The Hall–Kier alpha value is -1.36. The van der Waals surface area contributed by atoms with Gasteiger partial charge in [0, 0.05) is 30.5 Å². The number of H-pyrrole nitrogens is 1. The van der Waals surface area contributed by atoms with Gasteiger partial charge >= 0.3 is 0 Å². The molecule has 0 saturated heterocycles. The zero-order chi connectivity index (χ0) is 8.23. The lowest BCUT2D eigenvalue weighted by Crippen LogP contribution is -1.95. The van der Waals surface area contributed by atoms with Gasteiger partial charge in [0.25, 0.3) is 0 Å². The average Bonchev–Trinajstić information content (AvgIpc) is 2.74. The van der Waals surface area contributed by atoms with Crippen molar-refractivity contribution in [3.63, 3.8) is 0 Å². The summed E-state index contributed by atoms with van der Waals surface area (Å²) >= 11 is 1.36. The molecular formula is C7H8N4S. The summed E-state index contributed by atoms with van der Waals surface area (Å²) in [5, 5.41) is 7.92. The molecule has 0 unspecified atom stereocenters. The number of anilines is 1. The molecule has 12 heavy (non-hydrogen) atoms. The molecule has 62 valence electrons. The maximum atomic E-state index is 3.74. The molecule has 0 radical (unpaired) electrons. The number of hydrogen-bond donors (Lipinski definition) is 2. The standard InChI is InChI=1S/C7H8N4S/c1-2-8-3-6(1)4-9-7-5-10-11-12-7/h1-3,5,8-9H,4H2. The van der Waals surface area contributed by atoms with Crippen LogP contribution in [0.2, 0.25) is 0 Å². The van der Waals surface area contributed by atoms with E-state index in [1.807, 2.05) is 18.5 Å². The number of nitrogens with one attached hydrogen (secondary N) is 2. The maximum Gasteiger partial charge on any atom is 0.130 e. The number of nitrogens with zero attached hydrogens (tertiary/aromatic N) is 2. The van der Waals surface area contributed by atoms with Crippen LogP contribution in [-0.2, 0) is 6.54 Å². The van der Waals surface area contributed by atoms with Crippen LogP contribution in [0, 0.1) is 0 Å². The molecular weight excluding hydrogens is 172 g/mol. The second-order valence-corrected chi connectivity index (χ2v) is 3.14. The van der Waals surface area contributed by atoms with Crippen molar-refractivity contribution in [1.29, 1.82) is 0 Å². The Morgan fingerprint density at radius 1 is 1.58 bits per heavy atom. The van der Waals surface area contributed by atoms with Gasteiger partial charge in [-0.15, -0.1) is 5.10 Å². The Kier molecular flexibility index (Phi) is 2.04. The van der Waals surface area contributed by atoms with Crippen LogP contribution < -0.4 is 5.32 Å². The van der Waals surface area contributed by atoms with E-state index >= 15 is 0 Å². The summed E-state index contributed by atoms with van der Waals surface area (Å²) in [7, 11) is 0. The summed E-state index contributed by atoms with van der Waals surface area (Å²) < 4.78 is 3.74. The Morgan fingerprint density at radius 2 is 2.58 bits per heavy atom. The van der Waals surface area contributed by atoms with E-state index in [2.05, 4.69) is 19.9 Å². The van der Waals surface area contributed by atoms with Gasteiger partial charge in [0.05, 0.1) is 6.20 Å². The second kappa shape index (κ2) is 3.36. The van der Waals surface area contributed by atoms with E-state index in [9.17, 15) is 0 Å². The molecule has 2 aromatic heterocycles. The van der Waals surface area contributed by atoms with Gasteiger partial charge in [-0.2, -0.15) is 0 Å². The molecule has 0 saturated carbocycles. The third-order valence-electron chi connectivity index (χ3n) is 1.49. The van der Waals surface area contributed by atoms with Crippen LogP contribution in [0.4, 0.5) is 5.00 Å². The molecule has 0 amide bonds. The molecule has 2 aromatic rings. The highest BCUT2D eigenvalue weighted by atomic mass is 32.1. The van der Waals surface area contributed by atoms with Crippen molar-refractivity contribution < 1.29 is 0 Å². The maximum absolute atomic E-state index is 3.74. The van der Waals surface area contributed by atoms with Crippen LogP contribution in [0.1, 0.15) is 5.56 Å². The highest BCUT2D eigenvalue weighted by Gasteiger charge is 1.94. The zero-order valence-corrected chi connectivity index (χ0v) is 7.14. The van der Waals surface area contributed by atoms with Crippen molar-refractivity contribution in [2.24, 2.45) is 0 Å². The van der Waals surface area contributed by atoms with Crippen LogP contribution in [0.25, 0.3) is 0 Å². The van der Waals surface area contributed by atoms with Crippen molar-refractivity contribution in [3.05, 3.63) is 30.2 Å². The highest BCUT2D eigenvalue weighted by molar-refractivity contribution is 7.09. The minimum absolute atomic E-state index is 0.813. The van der Waals surface area contributed by atoms with E-state index in [1.165, 1.54) is 17.1 Å². The van der Waals surface area contributed by atoms with Crippen LogP contribution >= 0.6 is 11.5 Å². The van der Waals surface area contributed by atoms with Gasteiger partial charge in [0.15, 0.2) is 0 Å². The number of aromatic nitrogens is 3. The van der Waals surface area contributed by atoms with Crippen LogP contribution in [-0.4, -0.2) is 14.6 Å². The summed E-state index contributed by atoms with van der Waals surface area (Å²) in [6, 6.07) is 2.03. The number of hydrogen-bond acceptors (Lipinski definition) is 4. The molecule has 2 N–H and O–H groups in total. The monoisotopic (exact) mass is 180 g/mol. The second-order valence-electron chi connectivity index (χ2n) is 2.35. The van der Waals surface area contributed by atoms with E-state index in [1.54, 1.807) is 6.20 Å². The van der Waals surface area contributed by atoms with E-state index in [0.29, 0.717) is 0 Å². The average molecular weight is 180 g/mol. The van der Waals surface area contributed by atoms with Crippen molar-refractivity contribution in [2.75, 3.05) is 5.32 Å². The van der Waals surface area contributed by atoms with Gasteiger partial charge in [-0.25, -0.2) is 0 Å². The predicted octanol–water partition coefficient (Wildman–Crippen LogP) is 1.48. The van der Waals surface area contributed by atoms with Gasteiger partial charge in [-0.1, -0.05) is 4.49 Å². The summed E-state index contributed by atoms with van der Waals surface area (Å²) in [6.45, 7) is 0.813. The van der Waals surface area contributed by atoms with E-state index in [4.69, 9.17) is 0 Å². The van der Waals surface area contributed by atoms with Gasteiger partial charge in [0.1, 0.15) is 5.00 Å². The van der Waals surface area contributed by atoms with Crippen molar-refractivity contribution in [1.82, 2.24) is 14.6 Å². The lowest BCUT2D eigenvalue weighted by atomic mass is 10.3. The summed E-state index contributed by atoms with van der Waals surface area (Å²) in [5.41, 5.74) is 1.23. The number of aromatic amines is 1. The Labute approximate surface area is 73.8 Å². The molecule has 0 atom stereocenters. The molecule has 0 aliphatic carbocycles. The summed E-state index contributed by atoms with van der Waals surface area (Å²) in [5.74, 6) is 0. The Morgan fingerprint density at radius 3 is 3.25 bits per heavy atom. The van der Waals surface area contributed by atoms with Gasteiger partial charge in [0.2, 0.25) is 0 Å². The van der Waals surface area contributed by atoms with Crippen molar-refractivity contribution in [3.8, 4) is 0 Å². The molecule has 2 heterocycles. The van der Waals surface area contributed by atoms with E-state index in [-0.39, 0.29) is 0 Å². The van der Waals surface area contributed by atoms with Crippen LogP contribution in [0.3, 0.4) is 0 Å². The first-order valence-electron chi connectivity index (χ1n) is 3.58. The molecule has 0 spiro atoms. The van der Waals surface area contributed by atoms with Gasteiger partial charge < -0.3 is 10.3 Å². The lowest BCUT2D eigenvalue weighted by molar-refractivity contribution is 1.13. The Bertz CT molecular complexity index is 279. The summed E-state index contributed by atoms with van der Waals surface area (Å²) in [4.78, 5) is 2.99. The van der Waals surface area contributed by atoms with E-state index in [0.717, 1.165) is 11.5 Å². The third kappa shape index (κ3) is 1.62. The smallest absolute Gasteiger partial charge is 0.130 e. The van der Waals surface area contributed by atoms with Crippen LogP contribution in [0.15, 0.2) is 24.7 Å². The van der Waals surface area contributed by atoms with Crippen LogP contribution in [0.5, 0.6) is 0 Å². The first-order chi connectivity index (χ1) is 5.95. The third-order valence-corrected chi connectivity index (χ3v) is 2.11. The van der Waals surface area contributed by atoms with Gasteiger partial charge in [-0.05, 0) is 11.6 Å².